The zero-order valence-electron chi connectivity index (χ0n) is 13.8. The third-order valence-corrected chi connectivity index (χ3v) is 4.45. The van der Waals surface area contributed by atoms with Crippen LogP contribution in [-0.4, -0.2) is 37.7 Å². The Morgan fingerprint density at radius 3 is 2.50 bits per heavy atom. The number of nitrogens with one attached hydrogen (secondary N) is 2. The number of rotatable bonds is 7. The first kappa shape index (κ1) is 17.4. The molecule has 118 valence electrons. The lowest BCUT2D eigenvalue weighted by molar-refractivity contribution is -0.123. The van der Waals surface area contributed by atoms with E-state index in [9.17, 15) is 4.79 Å². The zero-order valence-corrected chi connectivity index (χ0v) is 13.8. The lowest BCUT2D eigenvalue weighted by Gasteiger charge is -2.29. The van der Waals surface area contributed by atoms with Gasteiger partial charge in [-0.15, -0.1) is 0 Å². The lowest BCUT2D eigenvalue weighted by atomic mass is 9.84. The fourth-order valence-corrected chi connectivity index (χ4v) is 3.08. The van der Waals surface area contributed by atoms with Crippen LogP contribution in [0.15, 0.2) is 0 Å². The van der Waals surface area contributed by atoms with Crippen LogP contribution in [-0.2, 0) is 9.53 Å². The van der Waals surface area contributed by atoms with Crippen LogP contribution >= 0.6 is 0 Å². The van der Waals surface area contributed by atoms with Crippen LogP contribution in [0.2, 0.25) is 0 Å². The summed E-state index contributed by atoms with van der Waals surface area (Å²) in [5.74, 6) is 1.34. The van der Waals surface area contributed by atoms with Crippen LogP contribution < -0.4 is 10.6 Å². The minimum Gasteiger partial charge on any atom is -0.379 e. The minimum atomic E-state index is -0.187. The van der Waals surface area contributed by atoms with Crippen molar-refractivity contribution in [2.24, 2.45) is 11.8 Å². The Morgan fingerprint density at radius 1 is 1.35 bits per heavy atom. The highest BCUT2D eigenvalue weighted by atomic mass is 16.5. The second kappa shape index (κ2) is 7.99. The average molecular weight is 284 g/mol. The number of hydrogen-bond acceptors (Lipinski definition) is 3. The summed E-state index contributed by atoms with van der Waals surface area (Å²) in [7, 11) is 1.72. The molecule has 4 nitrogen and oxygen atoms in total. The Kier molecular flexibility index (Phi) is 6.96. The van der Waals surface area contributed by atoms with Gasteiger partial charge in [0.2, 0.25) is 5.91 Å². The van der Waals surface area contributed by atoms with Crippen molar-refractivity contribution in [2.45, 2.75) is 65.0 Å². The highest BCUT2D eigenvalue weighted by Crippen LogP contribution is 2.24. The summed E-state index contributed by atoms with van der Waals surface area (Å²) in [6.07, 6.45) is 3.86. The minimum absolute atomic E-state index is 0.151. The van der Waals surface area contributed by atoms with Crippen LogP contribution in [0.1, 0.15) is 53.4 Å². The molecule has 20 heavy (non-hydrogen) atoms. The standard InChI is InChI=1S/C16H32N2O2/c1-12(14-6-8-17-9-7-14)10-15(19)18-13(2)11-16(3,4)20-5/h12-14,17H,6-11H2,1-5H3,(H,18,19). The third-order valence-electron chi connectivity index (χ3n) is 4.45. The molecule has 2 N–H and O–H groups in total. The molecule has 1 fully saturated rings. The van der Waals surface area contributed by atoms with Crippen molar-refractivity contribution in [3.63, 3.8) is 0 Å². The van der Waals surface area contributed by atoms with E-state index in [-0.39, 0.29) is 17.6 Å². The number of amides is 1. The molecule has 4 heteroatoms. The lowest BCUT2D eigenvalue weighted by Crippen LogP contribution is -2.40. The molecular weight excluding hydrogens is 252 g/mol. The van der Waals surface area contributed by atoms with Gasteiger partial charge in [0.25, 0.3) is 0 Å². The van der Waals surface area contributed by atoms with E-state index in [4.69, 9.17) is 4.74 Å². The van der Waals surface area contributed by atoms with Crippen molar-refractivity contribution in [3.8, 4) is 0 Å². The second-order valence-electron chi connectivity index (χ2n) is 6.91. The van der Waals surface area contributed by atoms with Gasteiger partial charge < -0.3 is 15.4 Å². The zero-order chi connectivity index (χ0) is 15.2. The van der Waals surface area contributed by atoms with Gasteiger partial charge in [0.15, 0.2) is 0 Å². The summed E-state index contributed by atoms with van der Waals surface area (Å²) < 4.78 is 5.41. The first-order valence-corrected chi connectivity index (χ1v) is 7.89. The van der Waals surface area contributed by atoms with E-state index >= 15 is 0 Å². The normalized spacial score (nSPS) is 20.4. The summed E-state index contributed by atoms with van der Waals surface area (Å²) >= 11 is 0. The van der Waals surface area contributed by atoms with E-state index in [0.717, 1.165) is 19.5 Å². The maximum Gasteiger partial charge on any atom is 0.220 e. The van der Waals surface area contributed by atoms with E-state index in [1.807, 2.05) is 20.8 Å². The number of carbonyl (C=O) groups is 1. The molecule has 0 spiro atoms. The maximum atomic E-state index is 12.1. The van der Waals surface area contributed by atoms with Gasteiger partial charge in [0, 0.05) is 19.6 Å². The van der Waals surface area contributed by atoms with Gasteiger partial charge in [0.1, 0.15) is 0 Å². The van der Waals surface area contributed by atoms with Crippen molar-refractivity contribution in [2.75, 3.05) is 20.2 Å². The molecule has 0 saturated carbocycles. The molecule has 0 bridgehead atoms. The molecule has 1 saturated heterocycles. The number of hydrogen-bond donors (Lipinski definition) is 2. The third kappa shape index (κ3) is 6.23. The SMILES string of the molecule is COC(C)(C)CC(C)NC(=O)CC(C)C1CCNCC1. The van der Waals surface area contributed by atoms with Crippen molar-refractivity contribution in [1.82, 2.24) is 10.6 Å². The van der Waals surface area contributed by atoms with E-state index in [1.54, 1.807) is 7.11 Å². The van der Waals surface area contributed by atoms with Gasteiger partial charge >= 0.3 is 0 Å². The number of piperidine rings is 1. The smallest absolute Gasteiger partial charge is 0.220 e. The van der Waals surface area contributed by atoms with Crippen LogP contribution in [0.5, 0.6) is 0 Å². The molecular formula is C16H32N2O2. The Balaban J connectivity index is 2.31. The van der Waals surface area contributed by atoms with Crippen LogP contribution in [0.4, 0.5) is 0 Å². The summed E-state index contributed by atoms with van der Waals surface area (Å²) in [5, 5.41) is 6.48. The molecule has 0 aromatic heterocycles. The Hall–Kier alpha value is -0.610. The van der Waals surface area contributed by atoms with Crippen molar-refractivity contribution >= 4 is 5.91 Å². The number of carbonyl (C=O) groups excluding carboxylic acids is 1. The molecule has 0 aliphatic carbocycles. The molecule has 0 aromatic carbocycles. The predicted octanol–water partition coefficient (Wildman–Crippen LogP) is 2.33. The second-order valence-corrected chi connectivity index (χ2v) is 6.91. The van der Waals surface area contributed by atoms with Gasteiger partial charge in [-0.25, -0.2) is 0 Å². The van der Waals surface area contributed by atoms with Crippen LogP contribution in [0, 0.1) is 11.8 Å². The first-order valence-electron chi connectivity index (χ1n) is 7.89. The van der Waals surface area contributed by atoms with E-state index < -0.39 is 0 Å². The monoisotopic (exact) mass is 284 g/mol. The van der Waals surface area contributed by atoms with Crippen molar-refractivity contribution < 1.29 is 9.53 Å². The van der Waals surface area contributed by atoms with Gasteiger partial charge in [-0.3, -0.25) is 4.79 Å². The first-order chi connectivity index (χ1) is 9.34. The highest BCUT2D eigenvalue weighted by Gasteiger charge is 2.24. The molecule has 2 unspecified atom stereocenters. The molecule has 1 heterocycles. The number of ether oxygens (including phenoxy) is 1. The maximum absolute atomic E-state index is 12.1. The van der Waals surface area contributed by atoms with E-state index in [1.165, 1.54) is 12.8 Å². The van der Waals surface area contributed by atoms with Gasteiger partial charge in [-0.1, -0.05) is 6.92 Å². The molecule has 0 radical (unpaired) electrons. The van der Waals surface area contributed by atoms with Crippen LogP contribution in [0.3, 0.4) is 0 Å². The summed E-state index contributed by atoms with van der Waals surface area (Å²) in [6, 6.07) is 0.151. The quantitative estimate of drug-likeness (QED) is 0.754. The van der Waals surface area contributed by atoms with Crippen molar-refractivity contribution in [1.29, 1.82) is 0 Å². The van der Waals surface area contributed by atoms with Crippen molar-refractivity contribution in [3.05, 3.63) is 0 Å². The molecule has 1 aliphatic rings. The topological polar surface area (TPSA) is 50.4 Å². The van der Waals surface area contributed by atoms with E-state index in [2.05, 4.69) is 17.6 Å². The average Bonchev–Trinajstić information content (AvgIpc) is 2.38. The molecule has 2 atom stereocenters. The summed E-state index contributed by atoms with van der Waals surface area (Å²) in [5.41, 5.74) is -0.187. The fourth-order valence-electron chi connectivity index (χ4n) is 3.08. The van der Waals surface area contributed by atoms with E-state index in [0.29, 0.717) is 18.3 Å². The molecule has 1 rings (SSSR count). The largest absolute Gasteiger partial charge is 0.379 e. The Morgan fingerprint density at radius 2 is 1.95 bits per heavy atom. The molecule has 1 aliphatic heterocycles. The molecule has 0 aromatic rings. The predicted molar refractivity (Wildman–Crippen MR) is 82.7 cm³/mol. The van der Waals surface area contributed by atoms with Gasteiger partial charge in [-0.2, -0.15) is 0 Å². The van der Waals surface area contributed by atoms with Gasteiger partial charge in [0.05, 0.1) is 5.60 Å². The van der Waals surface area contributed by atoms with Gasteiger partial charge in [-0.05, 0) is 65.0 Å². The highest BCUT2D eigenvalue weighted by molar-refractivity contribution is 5.76. The summed E-state index contributed by atoms with van der Waals surface area (Å²) in [6.45, 7) is 10.5. The molecule has 1 amide bonds. The summed E-state index contributed by atoms with van der Waals surface area (Å²) in [4.78, 5) is 12.1. The Bertz CT molecular complexity index is 299. The fraction of sp³-hybridized carbons (Fsp3) is 0.938. The Labute approximate surface area is 124 Å². The van der Waals surface area contributed by atoms with Crippen LogP contribution in [0.25, 0.3) is 0 Å². The number of methoxy groups -OCH3 is 1.